The number of rotatable bonds is 0. The predicted octanol–water partition coefficient (Wildman–Crippen LogP) is 3.25. The van der Waals surface area contributed by atoms with Gasteiger partial charge in [0.25, 0.3) is 0 Å². The highest BCUT2D eigenvalue weighted by molar-refractivity contribution is 5.63. The first-order valence-corrected chi connectivity index (χ1v) is 7.08. The molecule has 0 heteroatoms. The molecule has 0 atom stereocenters. The second kappa shape index (κ2) is 2.39. The first-order chi connectivity index (χ1) is 7.89. The minimum atomic E-state index is 0.711. The Morgan fingerprint density at radius 3 is 1.69 bits per heavy atom. The smallest absolute Gasteiger partial charge is 0.00406 e. The molecular formula is C16H18. The van der Waals surface area contributed by atoms with E-state index in [-0.39, 0.29) is 0 Å². The molecule has 1 spiro atoms. The summed E-state index contributed by atoms with van der Waals surface area (Å²) in [6, 6.07) is 0. The van der Waals surface area contributed by atoms with Crippen LogP contribution in [-0.4, -0.2) is 0 Å². The molecule has 0 aromatic heterocycles. The zero-order chi connectivity index (χ0) is 10.3. The highest BCUT2D eigenvalue weighted by Gasteiger charge is 2.50. The summed E-state index contributed by atoms with van der Waals surface area (Å²) < 4.78 is 0. The van der Waals surface area contributed by atoms with Crippen molar-refractivity contribution in [1.82, 2.24) is 0 Å². The second-order valence-electron chi connectivity index (χ2n) is 6.40. The molecule has 0 bridgehead atoms. The van der Waals surface area contributed by atoms with Gasteiger partial charge in [-0.15, -0.1) is 0 Å². The van der Waals surface area contributed by atoms with E-state index in [1.165, 1.54) is 57.8 Å². The summed E-state index contributed by atoms with van der Waals surface area (Å²) >= 11 is 0. The fourth-order valence-corrected chi connectivity index (χ4v) is 4.65. The van der Waals surface area contributed by atoms with E-state index in [0.29, 0.717) is 5.41 Å². The van der Waals surface area contributed by atoms with E-state index < -0.39 is 0 Å². The van der Waals surface area contributed by atoms with Crippen LogP contribution in [0.2, 0.25) is 0 Å². The molecule has 0 nitrogen and oxygen atoms in total. The van der Waals surface area contributed by atoms with Crippen molar-refractivity contribution in [2.24, 2.45) is 0 Å². The molecule has 0 radical (unpaired) electrons. The van der Waals surface area contributed by atoms with Gasteiger partial charge in [-0.1, -0.05) is 0 Å². The van der Waals surface area contributed by atoms with E-state index >= 15 is 0 Å². The Hall–Kier alpha value is -0.780. The number of hydrogen-bond acceptors (Lipinski definition) is 0. The highest BCUT2D eigenvalue weighted by atomic mass is 14.5. The highest BCUT2D eigenvalue weighted by Crippen LogP contribution is 2.59. The van der Waals surface area contributed by atoms with Crippen LogP contribution in [0.1, 0.15) is 59.1 Å². The Labute approximate surface area is 97.1 Å². The van der Waals surface area contributed by atoms with Gasteiger partial charge in [0.15, 0.2) is 0 Å². The molecule has 0 saturated heterocycles. The molecule has 1 fully saturated rings. The van der Waals surface area contributed by atoms with E-state index in [1.807, 2.05) is 27.8 Å². The molecule has 1 aromatic carbocycles. The fraction of sp³-hybridized carbons (Fsp3) is 0.625. The van der Waals surface area contributed by atoms with Crippen LogP contribution in [-0.2, 0) is 37.5 Å². The lowest BCUT2D eigenvalue weighted by atomic mass is 9.64. The number of benzene rings is 1. The maximum atomic E-state index is 1.90. The van der Waals surface area contributed by atoms with Crippen LogP contribution in [0.5, 0.6) is 0 Å². The third-order valence-electron chi connectivity index (χ3n) is 5.78. The Morgan fingerprint density at radius 1 is 0.562 bits per heavy atom. The Kier molecular flexibility index (Phi) is 1.25. The lowest BCUT2D eigenvalue weighted by molar-refractivity contribution is 0.517. The average molecular weight is 210 g/mol. The van der Waals surface area contributed by atoms with Crippen LogP contribution in [0.15, 0.2) is 0 Å². The summed E-state index contributed by atoms with van der Waals surface area (Å²) in [5.74, 6) is 0. The van der Waals surface area contributed by atoms with Crippen molar-refractivity contribution >= 4 is 0 Å². The molecule has 0 heterocycles. The van der Waals surface area contributed by atoms with E-state index in [4.69, 9.17) is 0 Å². The molecule has 0 N–H and O–H groups in total. The molecule has 4 aliphatic rings. The largest absolute Gasteiger partial charge is 0.0484 e. The van der Waals surface area contributed by atoms with E-state index in [9.17, 15) is 0 Å². The fourth-order valence-electron chi connectivity index (χ4n) is 4.65. The summed E-state index contributed by atoms with van der Waals surface area (Å²) in [4.78, 5) is 0. The van der Waals surface area contributed by atoms with Gasteiger partial charge in [0.2, 0.25) is 0 Å². The molecule has 0 amide bonds. The van der Waals surface area contributed by atoms with E-state index in [0.717, 1.165) is 0 Å². The maximum Gasteiger partial charge on any atom is -0.00406 e. The Balaban J connectivity index is 1.88. The Bertz CT molecular complexity index is 518. The van der Waals surface area contributed by atoms with Crippen LogP contribution in [0, 0.1) is 0 Å². The topological polar surface area (TPSA) is 0 Å². The first kappa shape index (κ1) is 8.33. The minimum Gasteiger partial charge on any atom is -0.0484 e. The van der Waals surface area contributed by atoms with E-state index in [1.54, 1.807) is 5.56 Å². The van der Waals surface area contributed by atoms with Crippen LogP contribution in [0.3, 0.4) is 0 Å². The van der Waals surface area contributed by atoms with Crippen LogP contribution >= 0.6 is 0 Å². The molecule has 16 heavy (non-hydrogen) atoms. The lowest BCUT2D eigenvalue weighted by Gasteiger charge is -2.41. The zero-order valence-electron chi connectivity index (χ0n) is 9.86. The Morgan fingerprint density at radius 2 is 1.12 bits per heavy atom. The van der Waals surface area contributed by atoms with Gasteiger partial charge in [0.1, 0.15) is 0 Å². The third kappa shape index (κ3) is 0.752. The summed E-state index contributed by atoms with van der Waals surface area (Å²) in [5, 5.41) is 0. The van der Waals surface area contributed by atoms with E-state index in [2.05, 4.69) is 0 Å². The zero-order valence-corrected chi connectivity index (χ0v) is 9.86. The monoisotopic (exact) mass is 210 g/mol. The standard InChI is InChI=1S/C16H18/c1-2-13-11-4-3-10(11)12-5-6-14(12)15(13)16(7-1)8-9-16/h1-9H2. The van der Waals surface area contributed by atoms with Crippen molar-refractivity contribution in [1.29, 1.82) is 0 Å². The minimum absolute atomic E-state index is 0.711. The van der Waals surface area contributed by atoms with Crippen molar-refractivity contribution in [2.75, 3.05) is 0 Å². The van der Waals surface area contributed by atoms with Crippen LogP contribution in [0.4, 0.5) is 0 Å². The molecular weight excluding hydrogens is 192 g/mol. The molecule has 1 saturated carbocycles. The molecule has 82 valence electrons. The van der Waals surface area contributed by atoms with Gasteiger partial charge in [-0.2, -0.15) is 0 Å². The van der Waals surface area contributed by atoms with Crippen LogP contribution < -0.4 is 0 Å². The van der Waals surface area contributed by atoms with Gasteiger partial charge in [0, 0.05) is 0 Å². The quantitative estimate of drug-likeness (QED) is 0.616. The summed E-state index contributed by atoms with van der Waals surface area (Å²) in [6.45, 7) is 0. The van der Waals surface area contributed by atoms with Gasteiger partial charge < -0.3 is 0 Å². The molecule has 5 rings (SSSR count). The van der Waals surface area contributed by atoms with Gasteiger partial charge in [-0.3, -0.25) is 0 Å². The number of hydrogen-bond donors (Lipinski definition) is 0. The second-order valence-corrected chi connectivity index (χ2v) is 6.40. The average Bonchev–Trinajstić information content (AvgIpc) is 2.95. The predicted molar refractivity (Wildman–Crippen MR) is 65.1 cm³/mol. The van der Waals surface area contributed by atoms with Gasteiger partial charge in [0.05, 0.1) is 0 Å². The SMILES string of the molecule is C1Cc2c3c(c4c(c2C2(C1)CC2)CC4)CC3. The van der Waals surface area contributed by atoms with Crippen molar-refractivity contribution in [3.8, 4) is 0 Å². The molecule has 4 aliphatic carbocycles. The van der Waals surface area contributed by atoms with Crippen molar-refractivity contribution in [3.63, 3.8) is 0 Å². The van der Waals surface area contributed by atoms with Gasteiger partial charge in [-0.25, -0.2) is 0 Å². The maximum absolute atomic E-state index is 1.90. The summed E-state index contributed by atoms with van der Waals surface area (Å²) in [6.07, 6.45) is 13.0. The van der Waals surface area contributed by atoms with Crippen molar-refractivity contribution in [3.05, 3.63) is 33.4 Å². The summed E-state index contributed by atoms with van der Waals surface area (Å²) in [5.41, 5.74) is 11.7. The molecule has 0 unspecified atom stereocenters. The van der Waals surface area contributed by atoms with Crippen LogP contribution in [0.25, 0.3) is 0 Å². The van der Waals surface area contributed by atoms with Crippen molar-refractivity contribution < 1.29 is 0 Å². The normalized spacial score (nSPS) is 26.2. The lowest BCUT2D eigenvalue weighted by Crippen LogP contribution is -2.31. The van der Waals surface area contributed by atoms with Gasteiger partial charge in [-0.05, 0) is 96.6 Å². The third-order valence-corrected chi connectivity index (χ3v) is 5.78. The number of fused-ring (bicyclic) bond motifs is 7. The first-order valence-electron chi connectivity index (χ1n) is 7.08. The van der Waals surface area contributed by atoms with Crippen molar-refractivity contribution in [2.45, 2.75) is 63.2 Å². The molecule has 0 aliphatic heterocycles. The summed E-state index contributed by atoms with van der Waals surface area (Å²) in [7, 11) is 0. The molecule has 1 aromatic rings. The van der Waals surface area contributed by atoms with Gasteiger partial charge >= 0.3 is 0 Å².